The smallest absolute Gasteiger partial charge is 0.306 e. The maximum Gasteiger partial charge on any atom is 0.306 e. The third-order valence-electron chi connectivity index (χ3n) is 1.92. The molecule has 0 fully saturated rings. The van der Waals surface area contributed by atoms with Crippen LogP contribution in [0.4, 0.5) is 0 Å². The molecule has 0 aromatic heterocycles. The normalized spacial score (nSPS) is 11.9. The van der Waals surface area contributed by atoms with Crippen LogP contribution in [0.2, 0.25) is 0 Å². The van der Waals surface area contributed by atoms with Gasteiger partial charge in [-0.15, -0.1) is 0 Å². The van der Waals surface area contributed by atoms with Gasteiger partial charge in [-0.2, -0.15) is 0 Å². The zero-order valence-corrected chi connectivity index (χ0v) is 10.2. The molecule has 0 amide bonds. The molecule has 0 aliphatic heterocycles. The summed E-state index contributed by atoms with van der Waals surface area (Å²) >= 11 is 0. The molecule has 0 saturated carbocycles. The molecule has 0 rings (SSSR count). The lowest BCUT2D eigenvalue weighted by atomic mass is 9.89. The Bertz CT molecular complexity index is 166. The first kappa shape index (κ1) is 13.5. The minimum atomic E-state index is -0.0612. The van der Waals surface area contributed by atoms with Gasteiger partial charge in [0, 0.05) is 6.42 Å². The molecule has 2 nitrogen and oxygen atoms in total. The van der Waals surface area contributed by atoms with Gasteiger partial charge in [0.05, 0.1) is 6.10 Å². The molecule has 84 valence electrons. The number of unbranched alkanes of at least 4 members (excludes halogenated alkanes) is 1. The third-order valence-corrected chi connectivity index (χ3v) is 1.92. The number of hydrogen-bond donors (Lipinski definition) is 0. The maximum absolute atomic E-state index is 11.2. The van der Waals surface area contributed by atoms with Crippen molar-refractivity contribution in [2.45, 2.75) is 66.4 Å². The molecule has 2 heteroatoms. The number of hydrogen-bond acceptors (Lipinski definition) is 2. The van der Waals surface area contributed by atoms with Gasteiger partial charge in [-0.1, -0.05) is 27.2 Å². The highest BCUT2D eigenvalue weighted by Gasteiger charge is 2.10. The van der Waals surface area contributed by atoms with Crippen LogP contribution in [0, 0.1) is 5.41 Å². The third kappa shape index (κ3) is 9.56. The highest BCUT2D eigenvalue weighted by Crippen LogP contribution is 2.22. The van der Waals surface area contributed by atoms with Crippen molar-refractivity contribution in [2.75, 3.05) is 0 Å². The predicted molar refractivity (Wildman–Crippen MR) is 59.2 cm³/mol. The van der Waals surface area contributed by atoms with Crippen LogP contribution in [0.5, 0.6) is 0 Å². The second kappa shape index (κ2) is 6.05. The topological polar surface area (TPSA) is 26.3 Å². The predicted octanol–water partition coefficient (Wildman–Crippen LogP) is 3.54. The van der Waals surface area contributed by atoms with Crippen LogP contribution in [0.1, 0.15) is 60.3 Å². The average molecular weight is 200 g/mol. The largest absolute Gasteiger partial charge is 0.463 e. The first-order valence-corrected chi connectivity index (χ1v) is 5.51. The Morgan fingerprint density at radius 1 is 1.21 bits per heavy atom. The molecule has 0 bridgehead atoms. The van der Waals surface area contributed by atoms with Gasteiger partial charge in [-0.3, -0.25) is 4.79 Å². The van der Waals surface area contributed by atoms with Crippen molar-refractivity contribution in [2.24, 2.45) is 5.41 Å². The van der Waals surface area contributed by atoms with Crippen molar-refractivity contribution in [3.63, 3.8) is 0 Å². The molecular formula is C12H24O2. The summed E-state index contributed by atoms with van der Waals surface area (Å²) in [6, 6.07) is 0. The van der Waals surface area contributed by atoms with E-state index in [1.807, 2.05) is 13.8 Å². The van der Waals surface area contributed by atoms with E-state index in [1.54, 1.807) is 0 Å². The van der Waals surface area contributed by atoms with Crippen molar-refractivity contribution in [3.8, 4) is 0 Å². The molecule has 0 radical (unpaired) electrons. The summed E-state index contributed by atoms with van der Waals surface area (Å²) in [5.41, 5.74) is 0.377. The summed E-state index contributed by atoms with van der Waals surface area (Å²) < 4.78 is 5.04. The van der Waals surface area contributed by atoms with Crippen LogP contribution in [-0.2, 0) is 9.53 Å². The molecule has 0 saturated heterocycles. The Balaban J connectivity index is 3.41. The average Bonchev–Trinajstić information content (AvgIpc) is 1.95. The van der Waals surface area contributed by atoms with Crippen molar-refractivity contribution in [3.05, 3.63) is 0 Å². The van der Waals surface area contributed by atoms with Gasteiger partial charge in [-0.25, -0.2) is 0 Å². The number of ether oxygens (including phenoxy) is 1. The molecule has 0 spiro atoms. The number of carbonyl (C=O) groups is 1. The molecule has 0 N–H and O–H groups in total. The fourth-order valence-electron chi connectivity index (χ4n) is 1.25. The Hall–Kier alpha value is -0.530. The van der Waals surface area contributed by atoms with Gasteiger partial charge < -0.3 is 4.74 Å². The summed E-state index contributed by atoms with van der Waals surface area (Å²) in [6.07, 6.45) is 3.81. The van der Waals surface area contributed by atoms with Gasteiger partial charge in [0.25, 0.3) is 0 Å². The number of esters is 1. The van der Waals surface area contributed by atoms with E-state index in [2.05, 4.69) is 20.8 Å². The Kier molecular flexibility index (Phi) is 5.82. The molecule has 0 aromatic carbocycles. The highest BCUT2D eigenvalue weighted by molar-refractivity contribution is 5.69. The lowest BCUT2D eigenvalue weighted by molar-refractivity contribution is -0.147. The molecule has 0 aliphatic rings. The zero-order chi connectivity index (χ0) is 11.2. The maximum atomic E-state index is 11.2. The minimum Gasteiger partial charge on any atom is -0.463 e. The van der Waals surface area contributed by atoms with Crippen LogP contribution < -0.4 is 0 Å². The summed E-state index contributed by atoms with van der Waals surface area (Å²) in [7, 11) is 0. The van der Waals surface area contributed by atoms with Crippen molar-refractivity contribution >= 4 is 5.97 Å². The Morgan fingerprint density at radius 2 is 1.79 bits per heavy atom. The summed E-state index contributed by atoms with van der Waals surface area (Å²) in [5.74, 6) is -0.0612. The molecule has 0 unspecified atom stereocenters. The first-order chi connectivity index (χ1) is 6.31. The van der Waals surface area contributed by atoms with Gasteiger partial charge in [0.15, 0.2) is 0 Å². The SMILES string of the molecule is CC(C)OC(=O)CCCCC(C)(C)C. The fourth-order valence-corrected chi connectivity index (χ4v) is 1.25. The lowest BCUT2D eigenvalue weighted by Gasteiger charge is -2.17. The van der Waals surface area contributed by atoms with E-state index in [1.165, 1.54) is 6.42 Å². The van der Waals surface area contributed by atoms with Crippen LogP contribution in [0.15, 0.2) is 0 Å². The van der Waals surface area contributed by atoms with Crippen molar-refractivity contribution < 1.29 is 9.53 Å². The second-order valence-electron chi connectivity index (χ2n) is 5.31. The number of carbonyl (C=O) groups excluding carboxylic acids is 1. The van der Waals surface area contributed by atoms with Crippen molar-refractivity contribution in [1.82, 2.24) is 0 Å². The van der Waals surface area contributed by atoms with Gasteiger partial charge in [0.2, 0.25) is 0 Å². The zero-order valence-electron chi connectivity index (χ0n) is 10.2. The van der Waals surface area contributed by atoms with Crippen molar-refractivity contribution in [1.29, 1.82) is 0 Å². The molecule has 0 heterocycles. The van der Waals surface area contributed by atoms with Crippen LogP contribution in [0.25, 0.3) is 0 Å². The van der Waals surface area contributed by atoms with E-state index in [4.69, 9.17) is 4.74 Å². The monoisotopic (exact) mass is 200 g/mol. The van der Waals surface area contributed by atoms with E-state index in [9.17, 15) is 4.79 Å². The molecule has 0 atom stereocenters. The quantitative estimate of drug-likeness (QED) is 0.501. The lowest BCUT2D eigenvalue weighted by Crippen LogP contribution is -2.11. The van der Waals surface area contributed by atoms with Crippen LogP contribution >= 0.6 is 0 Å². The summed E-state index contributed by atoms with van der Waals surface area (Å²) in [6.45, 7) is 10.4. The Labute approximate surface area is 88.0 Å². The first-order valence-electron chi connectivity index (χ1n) is 5.51. The fraction of sp³-hybridized carbons (Fsp3) is 0.917. The molecule has 0 aliphatic carbocycles. The van der Waals surface area contributed by atoms with E-state index >= 15 is 0 Å². The van der Waals surface area contributed by atoms with E-state index in [0.29, 0.717) is 11.8 Å². The highest BCUT2D eigenvalue weighted by atomic mass is 16.5. The second-order valence-corrected chi connectivity index (χ2v) is 5.31. The summed E-state index contributed by atoms with van der Waals surface area (Å²) in [4.78, 5) is 11.2. The summed E-state index contributed by atoms with van der Waals surface area (Å²) in [5, 5.41) is 0. The molecule has 14 heavy (non-hydrogen) atoms. The molecule has 0 aromatic rings. The standard InChI is InChI=1S/C12H24O2/c1-10(2)14-11(13)8-6-7-9-12(3,4)5/h10H,6-9H2,1-5H3. The Morgan fingerprint density at radius 3 is 2.21 bits per heavy atom. The van der Waals surface area contributed by atoms with Gasteiger partial charge in [-0.05, 0) is 32.1 Å². The van der Waals surface area contributed by atoms with Gasteiger partial charge >= 0.3 is 5.97 Å². The molecular weight excluding hydrogens is 176 g/mol. The van der Waals surface area contributed by atoms with Crippen LogP contribution in [-0.4, -0.2) is 12.1 Å². The van der Waals surface area contributed by atoms with Gasteiger partial charge in [0.1, 0.15) is 0 Å². The van der Waals surface area contributed by atoms with Crippen LogP contribution in [0.3, 0.4) is 0 Å². The van der Waals surface area contributed by atoms with E-state index in [-0.39, 0.29) is 12.1 Å². The minimum absolute atomic E-state index is 0.0186. The van der Waals surface area contributed by atoms with E-state index in [0.717, 1.165) is 12.8 Å². The van der Waals surface area contributed by atoms with E-state index < -0.39 is 0 Å². The number of rotatable bonds is 5.